The van der Waals surface area contributed by atoms with Crippen LogP contribution in [0.15, 0.2) is 65.2 Å². The molecule has 0 saturated heterocycles. The molecule has 0 saturated carbocycles. The largest absolute Gasteiger partial charge is 0.457 e. The summed E-state index contributed by atoms with van der Waals surface area (Å²) < 4.78 is 19.1. The number of furan rings is 1. The van der Waals surface area contributed by atoms with Crippen LogP contribution in [-0.4, -0.2) is 30.7 Å². The van der Waals surface area contributed by atoms with E-state index in [1.807, 2.05) is 47.1 Å². The molecule has 160 valence electrons. The number of rotatable bonds is 9. The van der Waals surface area contributed by atoms with E-state index in [0.29, 0.717) is 35.9 Å². The first-order valence-corrected chi connectivity index (χ1v) is 14.0. The maximum absolute atomic E-state index is 10.9. The quantitative estimate of drug-likeness (QED) is 0.178. The molecule has 0 N–H and O–H groups in total. The lowest BCUT2D eigenvalue weighted by Gasteiger charge is -2.16. The number of ether oxygens (including phenoxy) is 2. The van der Waals surface area contributed by atoms with Crippen LogP contribution in [0, 0.1) is 0 Å². The molecule has 31 heavy (non-hydrogen) atoms. The van der Waals surface area contributed by atoms with Gasteiger partial charge in [0.2, 0.25) is 0 Å². The maximum Gasteiger partial charge on any atom is 0.185 e. The Morgan fingerprint density at radius 1 is 1.03 bits per heavy atom. The van der Waals surface area contributed by atoms with Crippen molar-refractivity contribution in [2.75, 3.05) is 6.61 Å². The number of fused-ring (bicyclic) bond motifs is 1. The molecule has 0 amide bonds. The van der Waals surface area contributed by atoms with Crippen LogP contribution in [0.2, 0.25) is 25.7 Å². The SMILES string of the molecule is C[Si](C)(C)CCOCn1nccc1-c1ccc(Oc2ccc3cc(C=O)oc3c2)cc1. The monoisotopic (exact) mass is 434 g/mol. The van der Waals surface area contributed by atoms with Crippen molar-refractivity contribution < 1.29 is 18.7 Å². The number of aromatic nitrogens is 2. The summed E-state index contributed by atoms with van der Waals surface area (Å²) >= 11 is 0. The van der Waals surface area contributed by atoms with Crippen molar-refractivity contribution in [3.05, 3.63) is 66.6 Å². The van der Waals surface area contributed by atoms with Gasteiger partial charge >= 0.3 is 0 Å². The molecule has 7 heteroatoms. The van der Waals surface area contributed by atoms with Crippen molar-refractivity contribution in [2.45, 2.75) is 32.4 Å². The highest BCUT2D eigenvalue weighted by atomic mass is 28.3. The number of hydrogen-bond donors (Lipinski definition) is 0. The van der Waals surface area contributed by atoms with E-state index in [9.17, 15) is 4.79 Å². The third kappa shape index (κ3) is 5.31. The predicted octanol–water partition coefficient (Wildman–Crippen LogP) is 6.21. The van der Waals surface area contributed by atoms with Crippen molar-refractivity contribution in [2.24, 2.45) is 0 Å². The van der Waals surface area contributed by atoms with Crippen LogP contribution in [0.5, 0.6) is 11.5 Å². The molecule has 2 heterocycles. The summed E-state index contributed by atoms with van der Waals surface area (Å²) in [6, 6.07) is 18.2. The van der Waals surface area contributed by atoms with Crippen molar-refractivity contribution in [3.8, 4) is 22.8 Å². The minimum Gasteiger partial charge on any atom is -0.457 e. The van der Waals surface area contributed by atoms with Gasteiger partial charge in [-0.1, -0.05) is 19.6 Å². The number of aldehydes is 1. The Balaban J connectivity index is 1.42. The summed E-state index contributed by atoms with van der Waals surface area (Å²) in [6.07, 6.45) is 2.48. The lowest BCUT2D eigenvalue weighted by atomic mass is 10.1. The van der Waals surface area contributed by atoms with Gasteiger partial charge in [-0.25, -0.2) is 4.68 Å². The first-order valence-electron chi connectivity index (χ1n) is 10.3. The van der Waals surface area contributed by atoms with Crippen LogP contribution in [0.1, 0.15) is 10.6 Å². The van der Waals surface area contributed by atoms with Gasteiger partial charge in [0.05, 0.1) is 5.69 Å². The van der Waals surface area contributed by atoms with Gasteiger partial charge in [0.25, 0.3) is 0 Å². The molecular weight excluding hydrogens is 408 g/mol. The average molecular weight is 435 g/mol. The number of carbonyl (C=O) groups is 1. The van der Waals surface area contributed by atoms with Crippen molar-refractivity contribution in [3.63, 3.8) is 0 Å². The van der Waals surface area contributed by atoms with E-state index in [-0.39, 0.29) is 0 Å². The topological polar surface area (TPSA) is 66.5 Å². The van der Waals surface area contributed by atoms with E-state index in [4.69, 9.17) is 13.9 Å². The highest BCUT2D eigenvalue weighted by Gasteiger charge is 2.13. The van der Waals surface area contributed by atoms with Gasteiger partial charge in [-0.05, 0) is 54.6 Å². The fourth-order valence-electron chi connectivity index (χ4n) is 3.19. The molecule has 0 radical (unpaired) electrons. The van der Waals surface area contributed by atoms with Crippen molar-refractivity contribution in [1.82, 2.24) is 9.78 Å². The summed E-state index contributed by atoms with van der Waals surface area (Å²) in [7, 11) is -1.10. The maximum atomic E-state index is 10.9. The Labute approximate surface area is 182 Å². The van der Waals surface area contributed by atoms with E-state index >= 15 is 0 Å². The third-order valence-corrected chi connectivity index (χ3v) is 6.64. The van der Waals surface area contributed by atoms with E-state index in [2.05, 4.69) is 24.7 Å². The summed E-state index contributed by atoms with van der Waals surface area (Å²) in [5.41, 5.74) is 2.66. The second-order valence-electron chi connectivity index (χ2n) is 8.66. The van der Waals surface area contributed by atoms with Crippen molar-refractivity contribution >= 4 is 25.3 Å². The molecule has 0 aliphatic rings. The van der Waals surface area contributed by atoms with Crippen LogP contribution in [-0.2, 0) is 11.5 Å². The second kappa shape index (κ2) is 8.91. The van der Waals surface area contributed by atoms with Crippen LogP contribution in [0.25, 0.3) is 22.2 Å². The molecule has 0 fully saturated rings. The highest BCUT2D eigenvalue weighted by molar-refractivity contribution is 6.76. The molecule has 4 aromatic rings. The minimum atomic E-state index is -1.10. The molecule has 4 rings (SSSR count). The molecular formula is C24H26N2O4Si. The normalized spacial score (nSPS) is 11.7. The van der Waals surface area contributed by atoms with E-state index in [1.165, 1.54) is 0 Å². The Morgan fingerprint density at radius 2 is 1.81 bits per heavy atom. The fourth-order valence-corrected chi connectivity index (χ4v) is 3.95. The van der Waals surface area contributed by atoms with Crippen LogP contribution in [0.3, 0.4) is 0 Å². The molecule has 0 unspecified atom stereocenters. The van der Waals surface area contributed by atoms with Gasteiger partial charge in [0, 0.05) is 37.9 Å². The fraction of sp³-hybridized carbons (Fsp3) is 0.250. The average Bonchev–Trinajstić information content (AvgIpc) is 3.37. The second-order valence-corrected chi connectivity index (χ2v) is 14.3. The Kier molecular flexibility index (Phi) is 6.06. The third-order valence-electron chi connectivity index (χ3n) is 4.94. The van der Waals surface area contributed by atoms with Gasteiger partial charge < -0.3 is 13.9 Å². The van der Waals surface area contributed by atoms with E-state index in [0.717, 1.165) is 29.3 Å². The minimum absolute atomic E-state index is 0.303. The lowest BCUT2D eigenvalue weighted by molar-refractivity contribution is 0.0798. The molecule has 0 bridgehead atoms. The van der Waals surface area contributed by atoms with Crippen LogP contribution in [0.4, 0.5) is 0 Å². The number of nitrogens with zero attached hydrogens (tertiary/aromatic N) is 2. The lowest BCUT2D eigenvalue weighted by Crippen LogP contribution is -2.22. The summed E-state index contributed by atoms with van der Waals surface area (Å²) in [4.78, 5) is 10.9. The Morgan fingerprint density at radius 3 is 2.55 bits per heavy atom. The van der Waals surface area contributed by atoms with E-state index in [1.54, 1.807) is 18.3 Å². The number of carbonyl (C=O) groups excluding carboxylic acids is 1. The van der Waals surface area contributed by atoms with Gasteiger partial charge in [-0.2, -0.15) is 5.10 Å². The van der Waals surface area contributed by atoms with Gasteiger partial charge in [0.15, 0.2) is 12.0 Å². The molecule has 0 aliphatic heterocycles. The smallest absolute Gasteiger partial charge is 0.185 e. The van der Waals surface area contributed by atoms with Gasteiger partial charge in [-0.15, -0.1) is 0 Å². The summed E-state index contributed by atoms with van der Waals surface area (Å²) in [5, 5.41) is 5.26. The first-order chi connectivity index (χ1) is 14.9. The molecule has 0 aliphatic carbocycles. The molecule has 6 nitrogen and oxygen atoms in total. The standard InChI is InChI=1S/C24H26N2O4Si/c1-31(2,3)13-12-28-17-26-23(10-11-25-26)18-4-7-20(8-5-18)29-21-9-6-19-14-22(16-27)30-24(19)15-21/h4-11,14-16H,12-13,17H2,1-3H3. The van der Waals surface area contributed by atoms with Gasteiger partial charge in [-0.3, -0.25) is 4.79 Å². The number of hydrogen-bond acceptors (Lipinski definition) is 5. The molecule has 2 aromatic heterocycles. The zero-order valence-electron chi connectivity index (χ0n) is 18.0. The Hall–Kier alpha value is -3.16. The highest BCUT2D eigenvalue weighted by Crippen LogP contribution is 2.29. The first kappa shape index (κ1) is 21.1. The zero-order chi connectivity index (χ0) is 21.8. The van der Waals surface area contributed by atoms with Crippen molar-refractivity contribution in [1.29, 1.82) is 0 Å². The van der Waals surface area contributed by atoms with Crippen LogP contribution >= 0.6 is 0 Å². The predicted molar refractivity (Wildman–Crippen MR) is 123 cm³/mol. The summed E-state index contributed by atoms with van der Waals surface area (Å²) in [5.74, 6) is 1.66. The summed E-state index contributed by atoms with van der Waals surface area (Å²) in [6.45, 7) is 8.23. The molecule has 0 atom stereocenters. The number of benzene rings is 2. The van der Waals surface area contributed by atoms with Gasteiger partial charge in [0.1, 0.15) is 23.8 Å². The zero-order valence-corrected chi connectivity index (χ0v) is 19.0. The van der Waals surface area contributed by atoms with Crippen LogP contribution < -0.4 is 4.74 Å². The molecule has 2 aromatic carbocycles. The van der Waals surface area contributed by atoms with E-state index < -0.39 is 8.07 Å². The Bertz CT molecular complexity index is 1170. The molecule has 0 spiro atoms.